The Hall–Kier alpha value is -0.930. The number of hydrogen-bond donors (Lipinski definition) is 1. The van der Waals surface area contributed by atoms with Gasteiger partial charge < -0.3 is 5.73 Å². The molecule has 1 atom stereocenters. The molecule has 84 valence electrons. The van der Waals surface area contributed by atoms with Crippen LogP contribution in [0.15, 0.2) is 24.5 Å². The number of nitrogens with two attached hydrogens (primary N) is 1. The van der Waals surface area contributed by atoms with Gasteiger partial charge in [-0.15, -0.1) is 0 Å². The molecule has 0 aliphatic carbocycles. The molecule has 2 N–H and O–H groups in total. The summed E-state index contributed by atoms with van der Waals surface area (Å²) in [6.07, 6.45) is 5.90. The van der Waals surface area contributed by atoms with Crippen molar-refractivity contribution in [3.05, 3.63) is 30.1 Å². The van der Waals surface area contributed by atoms with E-state index in [0.717, 1.165) is 25.9 Å². The molecule has 0 amide bonds. The van der Waals surface area contributed by atoms with Crippen LogP contribution in [0.5, 0.6) is 0 Å². The minimum absolute atomic E-state index is 0.586. The van der Waals surface area contributed by atoms with Crippen LogP contribution in [-0.2, 0) is 6.54 Å². The lowest BCUT2D eigenvalue weighted by atomic mass is 10.1. The normalized spacial score (nSPS) is 13.1. The van der Waals surface area contributed by atoms with E-state index in [2.05, 4.69) is 36.0 Å². The van der Waals surface area contributed by atoms with E-state index in [-0.39, 0.29) is 0 Å². The Morgan fingerprint density at radius 3 is 2.60 bits per heavy atom. The molecule has 0 aliphatic heterocycles. The fourth-order valence-electron chi connectivity index (χ4n) is 1.83. The van der Waals surface area contributed by atoms with Gasteiger partial charge in [-0.2, -0.15) is 0 Å². The molecule has 1 rings (SSSR count). The predicted octanol–water partition coefficient (Wildman–Crippen LogP) is 1.64. The van der Waals surface area contributed by atoms with E-state index in [1.54, 1.807) is 0 Å². The minimum atomic E-state index is 0.586. The average Bonchev–Trinajstić information content (AvgIpc) is 2.27. The number of nitrogens with zero attached hydrogens (tertiary/aromatic N) is 2. The van der Waals surface area contributed by atoms with Crippen LogP contribution in [-0.4, -0.2) is 29.5 Å². The zero-order valence-corrected chi connectivity index (χ0v) is 9.69. The molecular weight excluding hydrogens is 186 g/mol. The highest BCUT2D eigenvalue weighted by atomic mass is 15.1. The van der Waals surface area contributed by atoms with Crippen LogP contribution in [0.4, 0.5) is 0 Å². The maximum Gasteiger partial charge on any atom is 0.0271 e. The third kappa shape index (κ3) is 3.98. The summed E-state index contributed by atoms with van der Waals surface area (Å²) in [5, 5.41) is 0. The molecule has 1 aromatic rings. The van der Waals surface area contributed by atoms with Crippen molar-refractivity contribution in [3.63, 3.8) is 0 Å². The van der Waals surface area contributed by atoms with Gasteiger partial charge in [-0.3, -0.25) is 9.88 Å². The monoisotopic (exact) mass is 207 g/mol. The van der Waals surface area contributed by atoms with Gasteiger partial charge in [-0.25, -0.2) is 0 Å². The fraction of sp³-hybridized carbons (Fsp3) is 0.583. The maximum absolute atomic E-state index is 5.60. The predicted molar refractivity (Wildman–Crippen MR) is 63.5 cm³/mol. The van der Waals surface area contributed by atoms with Crippen molar-refractivity contribution in [1.82, 2.24) is 9.88 Å². The van der Waals surface area contributed by atoms with Crippen LogP contribution in [0.25, 0.3) is 0 Å². The molecule has 15 heavy (non-hydrogen) atoms. The Morgan fingerprint density at radius 2 is 2.07 bits per heavy atom. The van der Waals surface area contributed by atoms with Crippen LogP contribution in [0.3, 0.4) is 0 Å². The lowest BCUT2D eigenvalue weighted by Crippen LogP contribution is -2.32. The number of hydrogen-bond acceptors (Lipinski definition) is 3. The summed E-state index contributed by atoms with van der Waals surface area (Å²) < 4.78 is 0. The molecule has 3 nitrogen and oxygen atoms in total. The van der Waals surface area contributed by atoms with E-state index >= 15 is 0 Å². The average molecular weight is 207 g/mol. The van der Waals surface area contributed by atoms with Crippen molar-refractivity contribution < 1.29 is 0 Å². The summed E-state index contributed by atoms with van der Waals surface area (Å²) in [5.41, 5.74) is 6.91. The zero-order valence-electron chi connectivity index (χ0n) is 9.69. The van der Waals surface area contributed by atoms with E-state index in [0.29, 0.717) is 6.04 Å². The molecule has 1 unspecified atom stereocenters. The molecule has 0 spiro atoms. The molecule has 0 saturated carbocycles. The molecule has 1 heterocycles. The van der Waals surface area contributed by atoms with Crippen molar-refractivity contribution in [1.29, 1.82) is 0 Å². The second-order valence-electron chi connectivity index (χ2n) is 3.91. The van der Waals surface area contributed by atoms with Gasteiger partial charge in [0.25, 0.3) is 0 Å². The fourth-order valence-corrected chi connectivity index (χ4v) is 1.83. The van der Waals surface area contributed by atoms with E-state index in [4.69, 9.17) is 5.73 Å². The van der Waals surface area contributed by atoms with Gasteiger partial charge in [-0.1, -0.05) is 6.92 Å². The van der Waals surface area contributed by atoms with Crippen molar-refractivity contribution in [2.24, 2.45) is 5.73 Å². The van der Waals surface area contributed by atoms with Crippen LogP contribution >= 0.6 is 0 Å². The Balaban J connectivity index is 2.50. The van der Waals surface area contributed by atoms with Gasteiger partial charge >= 0.3 is 0 Å². The smallest absolute Gasteiger partial charge is 0.0271 e. The van der Waals surface area contributed by atoms with E-state index < -0.39 is 0 Å². The van der Waals surface area contributed by atoms with Gasteiger partial charge in [0.15, 0.2) is 0 Å². The number of rotatable bonds is 6. The Kier molecular flexibility index (Phi) is 5.29. The maximum atomic E-state index is 5.60. The van der Waals surface area contributed by atoms with Crippen LogP contribution in [0.1, 0.15) is 25.3 Å². The summed E-state index contributed by atoms with van der Waals surface area (Å²) in [6, 6.07) is 4.71. The van der Waals surface area contributed by atoms with E-state index in [1.807, 2.05) is 12.4 Å². The highest BCUT2D eigenvalue weighted by molar-refractivity contribution is 5.09. The summed E-state index contributed by atoms with van der Waals surface area (Å²) in [4.78, 5) is 6.38. The minimum Gasteiger partial charge on any atom is -0.330 e. The van der Waals surface area contributed by atoms with Crippen molar-refractivity contribution in [3.8, 4) is 0 Å². The van der Waals surface area contributed by atoms with Gasteiger partial charge in [0.1, 0.15) is 0 Å². The van der Waals surface area contributed by atoms with Gasteiger partial charge in [0.05, 0.1) is 0 Å². The first-order valence-electron chi connectivity index (χ1n) is 5.57. The van der Waals surface area contributed by atoms with Crippen LogP contribution < -0.4 is 5.73 Å². The largest absolute Gasteiger partial charge is 0.330 e. The quantitative estimate of drug-likeness (QED) is 0.771. The summed E-state index contributed by atoms with van der Waals surface area (Å²) in [7, 11) is 2.16. The van der Waals surface area contributed by atoms with Gasteiger partial charge in [-0.05, 0) is 44.1 Å². The molecule has 0 aliphatic rings. The van der Waals surface area contributed by atoms with E-state index in [9.17, 15) is 0 Å². The van der Waals surface area contributed by atoms with E-state index in [1.165, 1.54) is 5.56 Å². The highest BCUT2D eigenvalue weighted by Crippen LogP contribution is 2.10. The first kappa shape index (κ1) is 12.1. The van der Waals surface area contributed by atoms with Crippen LogP contribution in [0, 0.1) is 0 Å². The lowest BCUT2D eigenvalue weighted by molar-refractivity contribution is 0.218. The first-order valence-corrected chi connectivity index (χ1v) is 5.57. The summed E-state index contributed by atoms with van der Waals surface area (Å²) in [5.74, 6) is 0. The molecule has 3 heteroatoms. The number of pyridine rings is 1. The SMILES string of the molecule is CCC(CCN)N(C)Cc1ccncc1. The summed E-state index contributed by atoms with van der Waals surface area (Å²) in [6.45, 7) is 3.95. The van der Waals surface area contributed by atoms with Crippen molar-refractivity contribution in [2.75, 3.05) is 13.6 Å². The third-order valence-electron chi connectivity index (χ3n) is 2.78. The molecular formula is C12H21N3. The number of aromatic nitrogens is 1. The van der Waals surface area contributed by atoms with Crippen LogP contribution in [0.2, 0.25) is 0 Å². The first-order chi connectivity index (χ1) is 7.27. The standard InChI is InChI=1S/C12H21N3/c1-3-12(4-7-13)15(2)10-11-5-8-14-9-6-11/h5-6,8-9,12H,3-4,7,10,13H2,1-2H3. The Morgan fingerprint density at radius 1 is 1.40 bits per heavy atom. The Labute approximate surface area is 92.3 Å². The van der Waals surface area contributed by atoms with Gasteiger partial charge in [0, 0.05) is 25.0 Å². The lowest BCUT2D eigenvalue weighted by Gasteiger charge is -2.26. The molecule has 0 bridgehead atoms. The molecule has 0 saturated heterocycles. The molecule has 1 aromatic heterocycles. The second-order valence-corrected chi connectivity index (χ2v) is 3.91. The molecule has 0 radical (unpaired) electrons. The molecule has 0 aromatic carbocycles. The second kappa shape index (κ2) is 6.53. The van der Waals surface area contributed by atoms with Gasteiger partial charge in [0.2, 0.25) is 0 Å². The Bertz CT molecular complexity index is 261. The summed E-state index contributed by atoms with van der Waals surface area (Å²) >= 11 is 0. The van der Waals surface area contributed by atoms with Crippen molar-refractivity contribution in [2.45, 2.75) is 32.4 Å². The zero-order chi connectivity index (χ0) is 11.1. The molecule has 0 fully saturated rings. The third-order valence-corrected chi connectivity index (χ3v) is 2.78. The van der Waals surface area contributed by atoms with Crippen molar-refractivity contribution >= 4 is 0 Å². The topological polar surface area (TPSA) is 42.1 Å². The highest BCUT2D eigenvalue weighted by Gasteiger charge is 2.11.